The maximum atomic E-state index is 12.2. The van der Waals surface area contributed by atoms with Crippen molar-refractivity contribution in [3.63, 3.8) is 0 Å². The van der Waals surface area contributed by atoms with Crippen LogP contribution in [0, 0.1) is 0 Å². The lowest BCUT2D eigenvalue weighted by molar-refractivity contribution is 0.104. The highest BCUT2D eigenvalue weighted by atomic mass is 79.9. The van der Waals surface area contributed by atoms with E-state index in [0.717, 1.165) is 36.4 Å². The molecule has 24 heavy (non-hydrogen) atoms. The molecule has 3 heterocycles. The SMILES string of the molecule is COCCN1CCn2nc(Nc3cc(Br)cn(C)c3=O)cc2C1C. The van der Waals surface area contributed by atoms with Gasteiger partial charge in [-0.25, -0.2) is 0 Å². The monoisotopic (exact) mass is 395 g/mol. The first-order chi connectivity index (χ1) is 11.5. The van der Waals surface area contributed by atoms with Gasteiger partial charge in [0.1, 0.15) is 5.69 Å². The summed E-state index contributed by atoms with van der Waals surface area (Å²) < 4.78 is 9.58. The van der Waals surface area contributed by atoms with Crippen LogP contribution in [0.15, 0.2) is 27.6 Å². The predicted molar refractivity (Wildman–Crippen MR) is 96.8 cm³/mol. The van der Waals surface area contributed by atoms with E-state index < -0.39 is 0 Å². The van der Waals surface area contributed by atoms with Crippen LogP contribution < -0.4 is 10.9 Å². The number of ether oxygens (including phenoxy) is 1. The Morgan fingerprint density at radius 1 is 1.42 bits per heavy atom. The van der Waals surface area contributed by atoms with Gasteiger partial charge >= 0.3 is 0 Å². The quantitative estimate of drug-likeness (QED) is 0.839. The lowest BCUT2D eigenvalue weighted by atomic mass is 10.1. The number of halogens is 1. The molecule has 130 valence electrons. The first kappa shape index (κ1) is 17.2. The average molecular weight is 396 g/mol. The number of methoxy groups -OCH3 is 1. The van der Waals surface area contributed by atoms with Crippen molar-refractivity contribution in [3.05, 3.63) is 38.9 Å². The van der Waals surface area contributed by atoms with Crippen LogP contribution in [0.2, 0.25) is 0 Å². The molecule has 0 bridgehead atoms. The van der Waals surface area contributed by atoms with Crippen LogP contribution >= 0.6 is 15.9 Å². The highest BCUT2D eigenvalue weighted by Crippen LogP contribution is 2.27. The first-order valence-corrected chi connectivity index (χ1v) is 8.73. The van der Waals surface area contributed by atoms with E-state index in [4.69, 9.17) is 4.74 Å². The number of hydrogen-bond acceptors (Lipinski definition) is 5. The van der Waals surface area contributed by atoms with Crippen molar-refractivity contribution in [2.45, 2.75) is 19.5 Å². The maximum Gasteiger partial charge on any atom is 0.274 e. The number of hydrogen-bond donors (Lipinski definition) is 1. The second kappa shape index (κ2) is 7.08. The fourth-order valence-corrected chi connectivity index (χ4v) is 3.56. The molecule has 1 aliphatic rings. The third-order valence-electron chi connectivity index (χ3n) is 4.38. The molecular formula is C16H22BrN5O2. The Morgan fingerprint density at radius 3 is 2.96 bits per heavy atom. The van der Waals surface area contributed by atoms with Crippen LogP contribution in [0.3, 0.4) is 0 Å². The van der Waals surface area contributed by atoms with Gasteiger partial charge in [0, 0.05) is 50.0 Å². The van der Waals surface area contributed by atoms with Crippen molar-refractivity contribution in [3.8, 4) is 0 Å². The molecule has 1 N–H and O–H groups in total. The molecule has 0 radical (unpaired) electrons. The van der Waals surface area contributed by atoms with Gasteiger partial charge in [0.2, 0.25) is 0 Å². The molecule has 2 aromatic heterocycles. The Hall–Kier alpha value is -1.64. The highest BCUT2D eigenvalue weighted by molar-refractivity contribution is 9.10. The van der Waals surface area contributed by atoms with Crippen LogP contribution in [-0.4, -0.2) is 46.1 Å². The summed E-state index contributed by atoms with van der Waals surface area (Å²) in [5, 5.41) is 7.75. The Bertz CT molecular complexity index is 785. The largest absolute Gasteiger partial charge is 0.383 e. The van der Waals surface area contributed by atoms with Gasteiger partial charge in [-0.3, -0.25) is 14.4 Å². The summed E-state index contributed by atoms with van der Waals surface area (Å²) in [4.78, 5) is 14.6. The smallest absolute Gasteiger partial charge is 0.274 e. The summed E-state index contributed by atoms with van der Waals surface area (Å²) in [6.45, 7) is 5.57. The molecule has 0 saturated carbocycles. The number of pyridine rings is 1. The van der Waals surface area contributed by atoms with E-state index in [-0.39, 0.29) is 11.6 Å². The maximum absolute atomic E-state index is 12.2. The first-order valence-electron chi connectivity index (χ1n) is 7.93. The van der Waals surface area contributed by atoms with Crippen LogP contribution in [0.1, 0.15) is 18.7 Å². The van der Waals surface area contributed by atoms with Crippen LogP contribution in [-0.2, 0) is 18.3 Å². The molecule has 0 amide bonds. The van der Waals surface area contributed by atoms with Crippen molar-refractivity contribution < 1.29 is 4.74 Å². The molecule has 2 aromatic rings. The van der Waals surface area contributed by atoms with E-state index in [1.165, 1.54) is 4.57 Å². The average Bonchev–Trinajstić information content (AvgIpc) is 2.95. The summed E-state index contributed by atoms with van der Waals surface area (Å²) in [6.07, 6.45) is 1.74. The van der Waals surface area contributed by atoms with E-state index >= 15 is 0 Å². The van der Waals surface area contributed by atoms with Gasteiger partial charge < -0.3 is 14.6 Å². The van der Waals surface area contributed by atoms with E-state index in [1.54, 1.807) is 26.4 Å². The van der Waals surface area contributed by atoms with Gasteiger partial charge in [0.15, 0.2) is 5.82 Å². The van der Waals surface area contributed by atoms with Gasteiger partial charge in [-0.2, -0.15) is 5.10 Å². The summed E-state index contributed by atoms with van der Waals surface area (Å²) in [6, 6.07) is 4.06. The lowest BCUT2D eigenvalue weighted by Gasteiger charge is -2.33. The molecule has 1 atom stereocenters. The van der Waals surface area contributed by atoms with Crippen molar-refractivity contribution >= 4 is 27.4 Å². The molecule has 0 spiro atoms. The van der Waals surface area contributed by atoms with Gasteiger partial charge in [0.05, 0.1) is 18.8 Å². The molecule has 0 aromatic carbocycles. The zero-order chi connectivity index (χ0) is 17.3. The molecule has 0 aliphatic carbocycles. The van der Waals surface area contributed by atoms with Gasteiger partial charge in [-0.05, 0) is 28.9 Å². The Morgan fingerprint density at radius 2 is 2.21 bits per heavy atom. The summed E-state index contributed by atoms with van der Waals surface area (Å²) in [5.41, 5.74) is 1.57. The molecule has 7 nitrogen and oxygen atoms in total. The number of fused-ring (bicyclic) bond motifs is 1. The number of rotatable bonds is 5. The zero-order valence-corrected chi connectivity index (χ0v) is 15.7. The minimum Gasteiger partial charge on any atom is -0.383 e. The van der Waals surface area contributed by atoms with Crippen molar-refractivity contribution in [1.82, 2.24) is 19.2 Å². The van der Waals surface area contributed by atoms with Crippen LogP contribution in [0.25, 0.3) is 0 Å². The van der Waals surface area contributed by atoms with E-state index in [2.05, 4.69) is 38.2 Å². The normalized spacial score (nSPS) is 17.8. The summed E-state index contributed by atoms with van der Waals surface area (Å²) in [7, 11) is 3.45. The van der Waals surface area contributed by atoms with Gasteiger partial charge in [-0.1, -0.05) is 0 Å². The van der Waals surface area contributed by atoms with Crippen molar-refractivity contribution in [1.29, 1.82) is 0 Å². The molecule has 1 unspecified atom stereocenters. The minimum atomic E-state index is -0.0843. The molecule has 0 fully saturated rings. The summed E-state index contributed by atoms with van der Waals surface area (Å²) in [5.74, 6) is 0.695. The topological polar surface area (TPSA) is 64.3 Å². The third kappa shape index (κ3) is 3.40. The minimum absolute atomic E-state index is 0.0843. The third-order valence-corrected chi connectivity index (χ3v) is 4.81. The Labute approximate surface area is 149 Å². The predicted octanol–water partition coefficient (Wildman–Crippen LogP) is 2.11. The number of nitrogens with zero attached hydrogens (tertiary/aromatic N) is 4. The fourth-order valence-electron chi connectivity index (χ4n) is 3.02. The highest BCUT2D eigenvalue weighted by Gasteiger charge is 2.25. The second-order valence-corrected chi connectivity index (χ2v) is 6.91. The Kier molecular flexibility index (Phi) is 5.07. The van der Waals surface area contributed by atoms with Crippen LogP contribution in [0.5, 0.6) is 0 Å². The van der Waals surface area contributed by atoms with Gasteiger partial charge in [-0.15, -0.1) is 0 Å². The van der Waals surface area contributed by atoms with E-state index in [9.17, 15) is 4.79 Å². The fraction of sp³-hybridized carbons (Fsp3) is 0.500. The molecule has 0 saturated heterocycles. The summed E-state index contributed by atoms with van der Waals surface area (Å²) >= 11 is 3.42. The molecule has 8 heteroatoms. The number of nitrogens with one attached hydrogen (secondary N) is 1. The zero-order valence-electron chi connectivity index (χ0n) is 14.1. The van der Waals surface area contributed by atoms with Crippen molar-refractivity contribution in [2.75, 3.05) is 32.1 Å². The van der Waals surface area contributed by atoms with E-state index in [0.29, 0.717) is 11.5 Å². The molecular weight excluding hydrogens is 374 g/mol. The van der Waals surface area contributed by atoms with Crippen LogP contribution in [0.4, 0.5) is 11.5 Å². The lowest BCUT2D eigenvalue weighted by Crippen LogP contribution is -2.38. The van der Waals surface area contributed by atoms with Crippen molar-refractivity contribution in [2.24, 2.45) is 7.05 Å². The number of aromatic nitrogens is 3. The number of aryl methyl sites for hydroxylation is 1. The number of anilines is 2. The molecule has 1 aliphatic heterocycles. The molecule has 3 rings (SSSR count). The van der Waals surface area contributed by atoms with Gasteiger partial charge in [0.25, 0.3) is 5.56 Å². The Balaban J connectivity index is 1.82. The second-order valence-electron chi connectivity index (χ2n) is 6.00. The van der Waals surface area contributed by atoms with E-state index in [1.807, 2.05) is 10.7 Å². The standard InChI is InChI=1S/C16H22BrN5O2/c1-11-14-9-15(18-13-8-12(17)10-20(2)16(13)23)19-22(14)5-4-21(11)6-7-24-3/h8-11H,4-7H2,1-3H3,(H,18,19).